The Morgan fingerprint density at radius 1 is 1.06 bits per heavy atom. The quantitative estimate of drug-likeness (QED) is 0.333. The maximum atomic E-state index is 14.2. The van der Waals surface area contributed by atoms with E-state index in [4.69, 9.17) is 9.52 Å². The zero-order valence-electron chi connectivity index (χ0n) is 19.3. The lowest BCUT2D eigenvalue weighted by molar-refractivity contribution is -0.112. The molecule has 0 fully saturated rings. The highest BCUT2D eigenvalue weighted by Gasteiger charge is 2.34. The van der Waals surface area contributed by atoms with Crippen molar-refractivity contribution in [3.63, 3.8) is 0 Å². The number of phenolic OH excluding ortho intramolecular Hbond substituents is 1. The monoisotopic (exact) mass is 487 g/mol. The van der Waals surface area contributed by atoms with E-state index in [9.17, 15) is 19.1 Å². The van der Waals surface area contributed by atoms with E-state index in [1.165, 1.54) is 41.6 Å². The summed E-state index contributed by atoms with van der Waals surface area (Å²) >= 11 is 0. The fourth-order valence-corrected chi connectivity index (χ4v) is 3.68. The number of fused-ring (bicyclic) bond motifs is 2. The fourth-order valence-electron chi connectivity index (χ4n) is 3.68. The molecule has 1 amide bonds. The van der Waals surface area contributed by atoms with Gasteiger partial charge in [-0.2, -0.15) is 5.10 Å². The van der Waals surface area contributed by atoms with Crippen LogP contribution in [0.25, 0.3) is 11.0 Å². The van der Waals surface area contributed by atoms with Crippen LogP contribution in [-0.4, -0.2) is 34.7 Å². The number of aliphatic hydroxyl groups excluding tert-OH is 1. The van der Waals surface area contributed by atoms with Crippen LogP contribution < -0.4 is 10.3 Å². The van der Waals surface area contributed by atoms with Crippen molar-refractivity contribution in [3.8, 4) is 5.75 Å². The molecule has 5 rings (SSSR count). The molecular formula is C27H22FN3O5. The van der Waals surface area contributed by atoms with Crippen LogP contribution in [0, 0.1) is 5.82 Å². The van der Waals surface area contributed by atoms with Crippen LogP contribution >= 0.6 is 0 Å². The Hall–Kier alpha value is -4.63. The first-order chi connectivity index (χ1) is 17.4. The smallest absolute Gasteiger partial charge is 0.279 e. The Balaban J connectivity index is 0.000000967. The largest absolute Gasteiger partial charge is 0.508 e. The van der Waals surface area contributed by atoms with Crippen molar-refractivity contribution in [1.29, 1.82) is 0 Å². The van der Waals surface area contributed by atoms with E-state index in [0.717, 1.165) is 0 Å². The number of para-hydroxylation sites is 1. The number of benzene rings is 3. The van der Waals surface area contributed by atoms with E-state index in [1.807, 2.05) is 0 Å². The highest BCUT2D eigenvalue weighted by Crippen LogP contribution is 2.31. The van der Waals surface area contributed by atoms with E-state index in [2.05, 4.69) is 10.2 Å². The van der Waals surface area contributed by atoms with E-state index in [1.54, 1.807) is 49.4 Å². The lowest BCUT2D eigenvalue weighted by Crippen LogP contribution is -2.29. The molecule has 1 aliphatic rings. The van der Waals surface area contributed by atoms with Crippen molar-refractivity contribution in [2.75, 3.05) is 11.5 Å². The van der Waals surface area contributed by atoms with Gasteiger partial charge < -0.3 is 19.5 Å². The van der Waals surface area contributed by atoms with Gasteiger partial charge in [-0.25, -0.2) is 4.39 Å². The van der Waals surface area contributed by atoms with Gasteiger partial charge in [-0.1, -0.05) is 36.4 Å². The summed E-state index contributed by atoms with van der Waals surface area (Å²) in [6, 6.07) is 17.5. The van der Waals surface area contributed by atoms with Crippen molar-refractivity contribution >= 4 is 34.5 Å². The second-order valence-corrected chi connectivity index (χ2v) is 7.71. The molecule has 3 aromatic carbocycles. The van der Waals surface area contributed by atoms with Crippen LogP contribution in [0.3, 0.4) is 0 Å². The molecule has 8 nitrogen and oxygen atoms in total. The second kappa shape index (κ2) is 10.7. The number of halogens is 1. The Bertz CT molecular complexity index is 1540. The molecule has 0 unspecified atom stereocenters. The average Bonchev–Trinajstić information content (AvgIpc) is 3.13. The Labute approximate surface area is 205 Å². The van der Waals surface area contributed by atoms with E-state index in [0.29, 0.717) is 16.8 Å². The molecule has 0 spiro atoms. The van der Waals surface area contributed by atoms with Gasteiger partial charge in [0.05, 0.1) is 29.4 Å². The molecule has 0 saturated carbocycles. The molecule has 9 heteroatoms. The van der Waals surface area contributed by atoms with Crippen LogP contribution in [0.1, 0.15) is 23.6 Å². The number of aromatic hydroxyl groups is 1. The number of rotatable bonds is 4. The predicted octanol–water partition coefficient (Wildman–Crippen LogP) is 4.01. The molecule has 0 radical (unpaired) electrons. The molecule has 0 atom stereocenters. The summed E-state index contributed by atoms with van der Waals surface area (Å²) in [4.78, 5) is 27.2. The summed E-state index contributed by atoms with van der Waals surface area (Å²) in [5.74, 6) is -0.836. The third kappa shape index (κ3) is 4.91. The van der Waals surface area contributed by atoms with Gasteiger partial charge in [0.15, 0.2) is 5.71 Å². The number of nitrogens with zero attached hydrogens (tertiary/aromatic N) is 3. The number of anilines is 1. The minimum Gasteiger partial charge on any atom is -0.508 e. The molecule has 182 valence electrons. The number of carbonyl (C=O) groups is 1. The van der Waals surface area contributed by atoms with Gasteiger partial charge in [0.2, 0.25) is 5.43 Å². The first-order valence-electron chi connectivity index (χ1n) is 11.1. The maximum absolute atomic E-state index is 14.2. The van der Waals surface area contributed by atoms with Gasteiger partial charge in [-0.15, -0.1) is 5.10 Å². The zero-order chi connectivity index (χ0) is 25.7. The van der Waals surface area contributed by atoms with Gasteiger partial charge in [0, 0.05) is 23.8 Å². The molecule has 0 bridgehead atoms. The molecule has 36 heavy (non-hydrogen) atoms. The topological polar surface area (TPSA) is 116 Å². The third-order valence-corrected chi connectivity index (χ3v) is 5.32. The van der Waals surface area contributed by atoms with Gasteiger partial charge >= 0.3 is 0 Å². The number of hydrogen-bond donors (Lipinski definition) is 2. The Kier molecular flexibility index (Phi) is 7.31. The molecule has 1 aliphatic heterocycles. The molecule has 4 aromatic rings. The number of phenols is 1. The van der Waals surface area contributed by atoms with E-state index >= 15 is 0 Å². The lowest BCUT2D eigenvalue weighted by atomic mass is 10.1. The third-order valence-electron chi connectivity index (χ3n) is 5.32. The van der Waals surface area contributed by atoms with Crippen molar-refractivity contribution in [3.05, 3.63) is 106 Å². The first-order valence-corrected chi connectivity index (χ1v) is 11.1. The standard InChI is InChI=1S/C25H16FN3O4.C2H6O/c26-20-7-3-1-5-15(20)13-29-21-8-4-2-6-18(21)23(25(29)32)28-27-12-16-14-33-22-11-17(30)9-10-19(22)24(16)31;1-2-3/h1-12,14,30H,13H2;3H,2H2,1H3/b27-12+,28-23-;. The number of amides is 1. The molecule has 0 aliphatic carbocycles. The Morgan fingerprint density at radius 3 is 2.56 bits per heavy atom. The molecular weight excluding hydrogens is 465 g/mol. The number of aliphatic hydroxyl groups is 1. The van der Waals surface area contributed by atoms with Crippen molar-refractivity contribution in [2.45, 2.75) is 13.5 Å². The summed E-state index contributed by atoms with van der Waals surface area (Å²) in [6.07, 6.45) is 2.42. The van der Waals surface area contributed by atoms with E-state index < -0.39 is 11.7 Å². The van der Waals surface area contributed by atoms with Crippen LogP contribution in [0.5, 0.6) is 5.75 Å². The van der Waals surface area contributed by atoms with Crippen LogP contribution in [0.15, 0.2) is 92.4 Å². The maximum Gasteiger partial charge on any atom is 0.279 e. The van der Waals surface area contributed by atoms with Gasteiger partial charge in [-0.05, 0) is 31.2 Å². The van der Waals surface area contributed by atoms with Crippen molar-refractivity contribution in [2.24, 2.45) is 10.2 Å². The summed E-state index contributed by atoms with van der Waals surface area (Å²) < 4.78 is 19.5. The van der Waals surface area contributed by atoms with Gasteiger partial charge in [0.25, 0.3) is 5.91 Å². The molecule has 0 saturated heterocycles. The predicted molar refractivity (Wildman–Crippen MR) is 135 cm³/mol. The highest BCUT2D eigenvalue weighted by atomic mass is 19.1. The summed E-state index contributed by atoms with van der Waals surface area (Å²) in [5, 5.41) is 25.4. The SMILES string of the molecule is CCO.O=C1/C(=N\N=C\c2coc3cc(O)ccc3c2=O)c2ccccc2N1Cc1ccccc1F. The fraction of sp³-hybridized carbons (Fsp3) is 0.111. The lowest BCUT2D eigenvalue weighted by Gasteiger charge is -2.17. The van der Waals surface area contributed by atoms with Gasteiger partial charge in [-0.3, -0.25) is 9.59 Å². The second-order valence-electron chi connectivity index (χ2n) is 7.71. The van der Waals surface area contributed by atoms with Crippen LogP contribution in [-0.2, 0) is 11.3 Å². The minimum absolute atomic E-state index is 0.0168. The zero-order valence-corrected chi connectivity index (χ0v) is 19.3. The van der Waals surface area contributed by atoms with Crippen molar-refractivity contribution in [1.82, 2.24) is 0 Å². The van der Waals surface area contributed by atoms with Gasteiger partial charge in [0.1, 0.15) is 23.4 Å². The molecule has 1 aromatic heterocycles. The van der Waals surface area contributed by atoms with E-state index in [-0.39, 0.29) is 46.6 Å². The normalized spacial score (nSPS) is 13.8. The molecule has 2 heterocycles. The average molecular weight is 487 g/mol. The first kappa shape index (κ1) is 24.5. The minimum atomic E-state index is -0.419. The number of carbonyl (C=O) groups excluding carboxylic acids is 1. The van der Waals surface area contributed by atoms with Crippen LogP contribution in [0.4, 0.5) is 10.1 Å². The van der Waals surface area contributed by atoms with Crippen molar-refractivity contribution < 1.29 is 23.8 Å². The Morgan fingerprint density at radius 2 is 1.78 bits per heavy atom. The summed E-state index contributed by atoms with van der Waals surface area (Å²) in [6.45, 7) is 1.98. The van der Waals surface area contributed by atoms with Crippen LogP contribution in [0.2, 0.25) is 0 Å². The molecule has 2 N–H and O–H groups in total. The summed E-state index contributed by atoms with van der Waals surface area (Å²) in [5.41, 5.74) is 1.67. The highest BCUT2D eigenvalue weighted by molar-refractivity contribution is 6.54. The number of hydrogen-bond acceptors (Lipinski definition) is 7. The summed E-state index contributed by atoms with van der Waals surface area (Å²) in [7, 11) is 0.